The number of rotatable bonds is 8. The summed E-state index contributed by atoms with van der Waals surface area (Å²) in [6.45, 7) is 1.13. The minimum Gasteiger partial charge on any atom is -0.488 e. The van der Waals surface area contributed by atoms with E-state index >= 15 is 0 Å². The van der Waals surface area contributed by atoms with Gasteiger partial charge in [0.05, 0.1) is 0 Å². The lowest BCUT2D eigenvalue weighted by Crippen LogP contribution is -2.12. The summed E-state index contributed by atoms with van der Waals surface area (Å²) in [7, 11) is 4.00. The summed E-state index contributed by atoms with van der Waals surface area (Å²) < 4.78 is 20.6. The second kappa shape index (κ2) is 9.58. The van der Waals surface area contributed by atoms with E-state index in [1.165, 1.54) is 23.4 Å². The maximum absolute atomic E-state index is 14.7. The summed E-state index contributed by atoms with van der Waals surface area (Å²) in [5, 5.41) is 0. The number of thioether (sulfide) groups is 1. The second-order valence-corrected chi connectivity index (χ2v) is 7.69. The molecule has 3 aromatic carbocycles. The molecule has 0 aliphatic carbocycles. The van der Waals surface area contributed by atoms with Crippen molar-refractivity contribution in [3.63, 3.8) is 0 Å². The fourth-order valence-electron chi connectivity index (χ4n) is 2.76. The Bertz CT molecular complexity index is 853. The average molecular weight is 382 g/mol. The third-order valence-electron chi connectivity index (χ3n) is 4.08. The van der Waals surface area contributed by atoms with Crippen molar-refractivity contribution in [3.8, 4) is 5.75 Å². The number of hydrogen-bond acceptors (Lipinski definition) is 3. The highest BCUT2D eigenvalue weighted by Crippen LogP contribution is 2.32. The van der Waals surface area contributed by atoms with Crippen molar-refractivity contribution < 1.29 is 9.13 Å². The Balaban J connectivity index is 1.77. The Kier molecular flexibility index (Phi) is 6.91. The Morgan fingerprint density at radius 3 is 2.15 bits per heavy atom. The van der Waals surface area contributed by atoms with Crippen LogP contribution in [0.3, 0.4) is 0 Å². The van der Waals surface area contributed by atoms with Gasteiger partial charge in [0.25, 0.3) is 0 Å². The fraction of sp³-hybridized carbons (Fsp3) is 0.217. The molecule has 140 valence electrons. The molecule has 3 rings (SSSR count). The Labute approximate surface area is 165 Å². The molecule has 4 heteroatoms. The van der Waals surface area contributed by atoms with Gasteiger partial charge in [-0.25, -0.2) is 4.39 Å². The van der Waals surface area contributed by atoms with Gasteiger partial charge in [-0.1, -0.05) is 60.7 Å². The molecule has 0 N–H and O–H groups in total. The molecular weight excluding hydrogens is 357 g/mol. The first-order valence-corrected chi connectivity index (χ1v) is 9.91. The zero-order chi connectivity index (χ0) is 19.1. The highest BCUT2D eigenvalue weighted by molar-refractivity contribution is 7.98. The van der Waals surface area contributed by atoms with Crippen LogP contribution in [0, 0.1) is 5.82 Å². The van der Waals surface area contributed by atoms with E-state index in [1.807, 2.05) is 68.7 Å². The van der Waals surface area contributed by atoms with E-state index < -0.39 is 0 Å². The largest absolute Gasteiger partial charge is 0.488 e. The molecule has 0 bridgehead atoms. The first-order valence-electron chi connectivity index (χ1n) is 8.92. The zero-order valence-corrected chi connectivity index (χ0v) is 16.5. The predicted octanol–water partition coefficient (Wildman–Crippen LogP) is 5.76. The maximum atomic E-state index is 14.7. The van der Waals surface area contributed by atoms with Crippen molar-refractivity contribution in [1.29, 1.82) is 0 Å². The summed E-state index contributed by atoms with van der Waals surface area (Å²) in [6, 6.07) is 23.5. The second-order valence-electron chi connectivity index (χ2n) is 6.68. The van der Waals surface area contributed by atoms with Crippen LogP contribution in [0.1, 0.15) is 16.7 Å². The van der Waals surface area contributed by atoms with Crippen molar-refractivity contribution in [1.82, 2.24) is 4.90 Å². The maximum Gasteiger partial charge on any atom is 0.140 e. The van der Waals surface area contributed by atoms with Gasteiger partial charge in [0.1, 0.15) is 18.2 Å². The minimum absolute atomic E-state index is 0.235. The third-order valence-corrected chi connectivity index (χ3v) is 5.18. The van der Waals surface area contributed by atoms with Gasteiger partial charge < -0.3 is 9.64 Å². The number of nitrogens with zero attached hydrogens (tertiary/aromatic N) is 1. The van der Waals surface area contributed by atoms with Crippen LogP contribution in [0.4, 0.5) is 4.39 Å². The molecule has 0 aliphatic rings. The van der Waals surface area contributed by atoms with Crippen LogP contribution in [0.5, 0.6) is 5.75 Å². The topological polar surface area (TPSA) is 12.5 Å². The van der Waals surface area contributed by atoms with E-state index in [-0.39, 0.29) is 5.82 Å². The number of benzene rings is 3. The fourth-order valence-corrected chi connectivity index (χ4v) is 3.69. The summed E-state index contributed by atoms with van der Waals surface area (Å²) in [5.74, 6) is 1.11. The van der Waals surface area contributed by atoms with Gasteiger partial charge in [0.2, 0.25) is 0 Å². The molecular formula is C23H24FNOS. The highest BCUT2D eigenvalue weighted by Gasteiger charge is 2.13. The van der Waals surface area contributed by atoms with Gasteiger partial charge in [-0.05, 0) is 31.3 Å². The molecule has 0 saturated carbocycles. The van der Waals surface area contributed by atoms with Crippen LogP contribution in [0.15, 0.2) is 77.7 Å². The zero-order valence-electron chi connectivity index (χ0n) is 15.7. The lowest BCUT2D eigenvalue weighted by atomic mass is 10.2. The quantitative estimate of drug-likeness (QED) is 0.460. The van der Waals surface area contributed by atoms with Crippen molar-refractivity contribution in [2.45, 2.75) is 23.8 Å². The Hall–Kier alpha value is -2.30. The lowest BCUT2D eigenvalue weighted by Gasteiger charge is -2.17. The van der Waals surface area contributed by atoms with Crippen molar-refractivity contribution in [2.24, 2.45) is 0 Å². The van der Waals surface area contributed by atoms with Crippen LogP contribution >= 0.6 is 11.8 Å². The minimum atomic E-state index is -0.235. The number of hydrogen-bond donors (Lipinski definition) is 0. The molecule has 3 aromatic rings. The molecule has 2 nitrogen and oxygen atoms in total. The lowest BCUT2D eigenvalue weighted by molar-refractivity contribution is 0.293. The Morgan fingerprint density at radius 1 is 0.889 bits per heavy atom. The van der Waals surface area contributed by atoms with Gasteiger partial charge in [0, 0.05) is 28.8 Å². The van der Waals surface area contributed by atoms with Crippen molar-refractivity contribution in [3.05, 3.63) is 95.3 Å². The molecule has 0 amide bonds. The molecule has 27 heavy (non-hydrogen) atoms. The smallest absolute Gasteiger partial charge is 0.140 e. The summed E-state index contributed by atoms with van der Waals surface area (Å²) in [4.78, 5) is 2.72. The molecule has 0 heterocycles. The first-order chi connectivity index (χ1) is 13.1. The standard InChI is InChI=1S/C23H24FNOS/c1-25(2)15-20-13-23(27-17-19-11-7-4-8-12-19)21(24)14-22(20)26-16-18-9-5-3-6-10-18/h3-14H,15-17H2,1-2H3. The van der Waals surface area contributed by atoms with Gasteiger partial charge in [-0.2, -0.15) is 0 Å². The normalized spacial score (nSPS) is 11.0. The molecule has 0 fully saturated rings. The average Bonchev–Trinajstić information content (AvgIpc) is 2.68. The molecule has 0 saturated heterocycles. The summed E-state index contributed by atoms with van der Waals surface area (Å²) in [6.07, 6.45) is 0. The molecule has 0 spiro atoms. The molecule has 0 atom stereocenters. The monoisotopic (exact) mass is 381 g/mol. The molecule has 0 aromatic heterocycles. The van der Waals surface area contributed by atoms with E-state index in [0.29, 0.717) is 23.8 Å². The van der Waals surface area contributed by atoms with E-state index in [1.54, 1.807) is 0 Å². The van der Waals surface area contributed by atoms with Gasteiger partial charge in [0.15, 0.2) is 0 Å². The van der Waals surface area contributed by atoms with Gasteiger partial charge in [-0.15, -0.1) is 11.8 Å². The van der Waals surface area contributed by atoms with Crippen LogP contribution in [0.2, 0.25) is 0 Å². The number of ether oxygens (including phenoxy) is 1. The summed E-state index contributed by atoms with van der Waals surface area (Å²) >= 11 is 1.52. The Morgan fingerprint density at radius 2 is 1.52 bits per heavy atom. The molecule has 0 radical (unpaired) electrons. The van der Waals surface area contributed by atoms with E-state index in [0.717, 1.165) is 16.9 Å². The highest BCUT2D eigenvalue weighted by atomic mass is 32.2. The number of halogens is 1. The van der Waals surface area contributed by atoms with E-state index in [2.05, 4.69) is 17.0 Å². The van der Waals surface area contributed by atoms with Crippen molar-refractivity contribution in [2.75, 3.05) is 14.1 Å². The van der Waals surface area contributed by atoms with Crippen molar-refractivity contribution >= 4 is 11.8 Å². The van der Waals surface area contributed by atoms with Gasteiger partial charge in [-0.3, -0.25) is 0 Å². The van der Waals surface area contributed by atoms with Crippen LogP contribution in [0.25, 0.3) is 0 Å². The SMILES string of the molecule is CN(C)Cc1cc(SCc2ccccc2)c(F)cc1OCc1ccccc1. The van der Waals surface area contributed by atoms with Crippen LogP contribution < -0.4 is 4.74 Å². The first kappa shape index (κ1) is 19.5. The van der Waals surface area contributed by atoms with Crippen LogP contribution in [-0.4, -0.2) is 19.0 Å². The molecule has 0 aliphatic heterocycles. The van der Waals surface area contributed by atoms with Crippen LogP contribution in [-0.2, 0) is 18.9 Å². The summed E-state index contributed by atoms with van der Waals surface area (Å²) in [5.41, 5.74) is 3.24. The third kappa shape index (κ3) is 5.84. The predicted molar refractivity (Wildman–Crippen MR) is 111 cm³/mol. The molecule has 0 unspecified atom stereocenters. The van der Waals surface area contributed by atoms with Gasteiger partial charge >= 0.3 is 0 Å². The van der Waals surface area contributed by atoms with E-state index in [4.69, 9.17) is 4.74 Å². The van der Waals surface area contributed by atoms with E-state index in [9.17, 15) is 4.39 Å².